The summed E-state index contributed by atoms with van der Waals surface area (Å²) in [5.74, 6) is 1.12. The Balaban J connectivity index is 1.64. The van der Waals surface area contributed by atoms with E-state index < -0.39 is 6.17 Å². The average molecular weight is 365 g/mol. The third-order valence-corrected chi connectivity index (χ3v) is 9.01. The maximum absolute atomic E-state index is 14.5. The zero-order valence-corrected chi connectivity index (χ0v) is 16.5. The molecule has 1 amide bonds. The smallest absolute Gasteiger partial charge is 0.309 e. The van der Waals surface area contributed by atoms with Crippen LogP contribution in [0.2, 0.25) is 0 Å². The van der Waals surface area contributed by atoms with Gasteiger partial charge in [0.25, 0.3) is 5.91 Å². The Morgan fingerprint density at radius 3 is 2.50 bits per heavy atom. The molecule has 3 aliphatic carbocycles. The van der Waals surface area contributed by atoms with Crippen molar-refractivity contribution in [1.29, 1.82) is 0 Å². The molecule has 146 valence electrons. The molecule has 0 aromatic rings. The van der Waals surface area contributed by atoms with Gasteiger partial charge in [0, 0.05) is 13.1 Å². The van der Waals surface area contributed by atoms with Crippen molar-refractivity contribution in [2.24, 2.45) is 34.5 Å². The largest absolute Gasteiger partial charge is 0.469 e. The number of carbonyl (C=O) groups is 2. The molecule has 3 saturated carbocycles. The predicted octanol–water partition coefficient (Wildman–Crippen LogP) is 3.59. The second-order valence-electron chi connectivity index (χ2n) is 9.79. The molecule has 1 heterocycles. The van der Waals surface area contributed by atoms with E-state index in [1.54, 1.807) is 11.9 Å². The van der Waals surface area contributed by atoms with Gasteiger partial charge in [-0.1, -0.05) is 13.8 Å². The predicted molar refractivity (Wildman–Crippen MR) is 96.0 cm³/mol. The zero-order valence-electron chi connectivity index (χ0n) is 16.5. The number of esters is 1. The number of hydrogen-bond donors (Lipinski definition) is 0. The molecule has 0 aromatic heterocycles. The summed E-state index contributed by atoms with van der Waals surface area (Å²) in [5, 5.41) is 0. The third-order valence-electron chi connectivity index (χ3n) is 9.01. The van der Waals surface area contributed by atoms with E-state index in [0.717, 1.165) is 38.5 Å². The van der Waals surface area contributed by atoms with E-state index in [1.807, 2.05) is 0 Å². The van der Waals surface area contributed by atoms with E-state index in [-0.39, 0.29) is 34.7 Å². The maximum Gasteiger partial charge on any atom is 0.309 e. The number of alkyl halides is 1. The molecule has 0 N–H and O–H groups in total. The lowest BCUT2D eigenvalue weighted by molar-refractivity contribution is -0.171. The molecule has 26 heavy (non-hydrogen) atoms. The molecule has 8 atom stereocenters. The van der Waals surface area contributed by atoms with Crippen molar-refractivity contribution >= 4 is 11.9 Å². The number of methoxy groups -OCH3 is 1. The van der Waals surface area contributed by atoms with Gasteiger partial charge in [-0.15, -0.1) is 0 Å². The summed E-state index contributed by atoms with van der Waals surface area (Å²) < 4.78 is 19.6. The molecule has 4 rings (SSSR count). The summed E-state index contributed by atoms with van der Waals surface area (Å²) in [7, 11) is 3.28. The number of nitrogens with zero attached hydrogens (tertiary/aromatic N) is 1. The topological polar surface area (TPSA) is 46.6 Å². The third kappa shape index (κ3) is 2.24. The van der Waals surface area contributed by atoms with Crippen molar-refractivity contribution in [1.82, 2.24) is 4.90 Å². The molecule has 4 fully saturated rings. The van der Waals surface area contributed by atoms with Crippen LogP contribution in [-0.4, -0.2) is 43.1 Å². The number of halogens is 1. The molecular weight excluding hydrogens is 333 g/mol. The van der Waals surface area contributed by atoms with E-state index in [9.17, 15) is 14.0 Å². The van der Waals surface area contributed by atoms with Crippen LogP contribution in [0.5, 0.6) is 0 Å². The zero-order chi connectivity index (χ0) is 18.9. The van der Waals surface area contributed by atoms with Gasteiger partial charge >= 0.3 is 5.97 Å². The van der Waals surface area contributed by atoms with Gasteiger partial charge in [0.1, 0.15) is 0 Å². The van der Waals surface area contributed by atoms with Crippen LogP contribution in [0.3, 0.4) is 0 Å². The number of rotatable bonds is 1. The number of hydrogen-bond acceptors (Lipinski definition) is 3. The highest BCUT2D eigenvalue weighted by atomic mass is 19.1. The molecule has 1 aliphatic heterocycles. The van der Waals surface area contributed by atoms with Crippen LogP contribution in [0.1, 0.15) is 58.8 Å². The number of likely N-dealkylation sites (tertiary alicyclic amines) is 1. The van der Waals surface area contributed by atoms with Crippen molar-refractivity contribution < 1.29 is 18.7 Å². The van der Waals surface area contributed by atoms with Crippen LogP contribution in [0, 0.1) is 34.5 Å². The van der Waals surface area contributed by atoms with E-state index in [4.69, 9.17) is 4.74 Å². The Morgan fingerprint density at radius 1 is 1.12 bits per heavy atom. The first-order chi connectivity index (χ1) is 12.2. The Kier molecular flexibility index (Phi) is 4.16. The van der Waals surface area contributed by atoms with E-state index in [0.29, 0.717) is 24.2 Å². The highest BCUT2D eigenvalue weighted by Gasteiger charge is 2.63. The number of fused-ring (bicyclic) bond motifs is 5. The van der Waals surface area contributed by atoms with Crippen molar-refractivity contribution in [3.05, 3.63) is 0 Å². The van der Waals surface area contributed by atoms with Gasteiger partial charge in [0.15, 0.2) is 6.17 Å². The summed E-state index contributed by atoms with van der Waals surface area (Å²) in [5.41, 5.74) is -0.126. The molecular formula is C21H32FNO3. The van der Waals surface area contributed by atoms with Gasteiger partial charge in [-0.2, -0.15) is 0 Å². The van der Waals surface area contributed by atoms with Crippen LogP contribution in [0.4, 0.5) is 4.39 Å². The molecule has 0 spiro atoms. The molecule has 5 heteroatoms. The molecule has 0 bridgehead atoms. The minimum Gasteiger partial charge on any atom is -0.469 e. The Hall–Kier alpha value is -1.13. The summed E-state index contributed by atoms with van der Waals surface area (Å²) in [6.07, 6.45) is 5.09. The van der Waals surface area contributed by atoms with Crippen LogP contribution in [0.25, 0.3) is 0 Å². The fraction of sp³-hybridized carbons (Fsp3) is 0.905. The fourth-order valence-corrected chi connectivity index (χ4v) is 7.74. The molecule has 0 radical (unpaired) electrons. The van der Waals surface area contributed by atoms with Gasteiger partial charge in [0.2, 0.25) is 0 Å². The maximum atomic E-state index is 14.5. The number of piperidine rings is 1. The highest BCUT2D eigenvalue weighted by molar-refractivity contribution is 5.82. The first kappa shape index (κ1) is 18.2. The van der Waals surface area contributed by atoms with Crippen molar-refractivity contribution in [2.75, 3.05) is 14.2 Å². The normalized spacial score (nSPS) is 50.7. The van der Waals surface area contributed by atoms with Gasteiger partial charge in [-0.25, -0.2) is 4.39 Å². The summed E-state index contributed by atoms with van der Waals surface area (Å²) in [6, 6.07) is 0.158. The molecule has 2 unspecified atom stereocenters. The van der Waals surface area contributed by atoms with E-state index in [1.165, 1.54) is 7.11 Å². The lowest BCUT2D eigenvalue weighted by Gasteiger charge is -2.62. The first-order valence-corrected chi connectivity index (χ1v) is 10.2. The number of ether oxygens (including phenoxy) is 1. The van der Waals surface area contributed by atoms with E-state index >= 15 is 0 Å². The molecule has 1 saturated heterocycles. The molecule has 4 aliphatic rings. The summed E-state index contributed by atoms with van der Waals surface area (Å²) >= 11 is 0. The number of carbonyl (C=O) groups excluding carboxylic acids is 2. The second-order valence-corrected chi connectivity index (χ2v) is 9.79. The molecule has 4 nitrogen and oxygen atoms in total. The lowest BCUT2D eigenvalue weighted by atomic mass is 9.46. The lowest BCUT2D eigenvalue weighted by Crippen LogP contribution is -2.64. The van der Waals surface area contributed by atoms with Crippen LogP contribution in [-0.2, 0) is 14.3 Å². The summed E-state index contributed by atoms with van der Waals surface area (Å²) in [6.45, 7) is 4.50. The van der Waals surface area contributed by atoms with Crippen molar-refractivity contribution in [3.8, 4) is 0 Å². The number of amides is 1. The van der Waals surface area contributed by atoms with Crippen molar-refractivity contribution in [2.45, 2.75) is 71.0 Å². The minimum absolute atomic E-state index is 0.00788. The Morgan fingerprint density at radius 2 is 1.81 bits per heavy atom. The minimum atomic E-state index is -1.36. The average Bonchev–Trinajstić information content (AvgIpc) is 2.96. The first-order valence-electron chi connectivity index (χ1n) is 10.2. The van der Waals surface area contributed by atoms with Gasteiger partial charge in [-0.3, -0.25) is 9.59 Å². The quantitative estimate of drug-likeness (QED) is 0.667. The fourth-order valence-electron chi connectivity index (χ4n) is 7.74. The van der Waals surface area contributed by atoms with Gasteiger partial charge < -0.3 is 9.64 Å². The van der Waals surface area contributed by atoms with Gasteiger partial charge in [-0.05, 0) is 73.5 Å². The summed E-state index contributed by atoms with van der Waals surface area (Å²) in [4.78, 5) is 26.2. The van der Waals surface area contributed by atoms with Crippen LogP contribution < -0.4 is 0 Å². The van der Waals surface area contributed by atoms with Crippen molar-refractivity contribution in [3.63, 3.8) is 0 Å². The van der Waals surface area contributed by atoms with E-state index in [2.05, 4.69) is 13.8 Å². The van der Waals surface area contributed by atoms with Gasteiger partial charge in [0.05, 0.1) is 13.0 Å². The highest BCUT2D eigenvalue weighted by Crippen LogP contribution is 2.66. The molecule has 0 aromatic carbocycles. The standard InChI is InChI=1S/C21H32FNO3/c1-20-10-9-14-12(13(20)6-7-15(20)19(25)26-4)5-8-17-21(14,2)11-16(22)18(24)23(17)3/h12-17H,5-11H2,1-4H3/t12?,13-,14?,15+,16+,17+,20-,21+/m0/s1. The SMILES string of the molecule is COC(=O)[C@H]1CC[C@H]2C3CC[C@H]4N(C)C(=O)[C@H](F)C[C@]4(C)C3CC[C@]12C. The monoisotopic (exact) mass is 365 g/mol. The Labute approximate surface area is 155 Å². The Bertz CT molecular complexity index is 624. The van der Waals surface area contributed by atoms with Crippen LogP contribution >= 0.6 is 0 Å². The second kappa shape index (κ2) is 5.93. The van der Waals surface area contributed by atoms with Crippen LogP contribution in [0.15, 0.2) is 0 Å².